The Morgan fingerprint density at radius 3 is 2.25 bits per heavy atom. The topological polar surface area (TPSA) is 0 Å². The van der Waals surface area contributed by atoms with Crippen LogP contribution in [0.3, 0.4) is 0 Å². The molecule has 0 amide bonds. The summed E-state index contributed by atoms with van der Waals surface area (Å²) in [6.07, 6.45) is 3.05. The van der Waals surface area contributed by atoms with Crippen LogP contribution in [0.5, 0.6) is 0 Å². The Morgan fingerprint density at radius 2 is 2.25 bits per heavy atom. The van der Waals surface area contributed by atoms with Crippen molar-refractivity contribution in [3.63, 3.8) is 0 Å². The Hall–Kier alpha value is 0.545. The second kappa shape index (κ2) is 3.54. The van der Waals surface area contributed by atoms with Gasteiger partial charge in [-0.3, -0.25) is 0 Å². The van der Waals surface area contributed by atoms with E-state index in [1.54, 1.807) is 0 Å². The van der Waals surface area contributed by atoms with Crippen molar-refractivity contribution in [2.75, 3.05) is 0 Å². The van der Waals surface area contributed by atoms with Gasteiger partial charge >= 0.3 is 0 Å². The number of hydrogen-bond acceptors (Lipinski definition) is 0. The summed E-state index contributed by atoms with van der Waals surface area (Å²) in [5.41, 5.74) is 0. The Bertz CT molecular complexity index is 8.00. The SMILES string of the molecule is CC[B]Br. The summed E-state index contributed by atoms with van der Waals surface area (Å²) in [4.78, 5) is 0. The summed E-state index contributed by atoms with van der Waals surface area (Å²) in [5.74, 6) is 0. The molecule has 0 unspecified atom stereocenters. The first-order valence-corrected chi connectivity index (χ1v) is 2.25. The molecule has 0 atom stereocenters. The highest BCUT2D eigenvalue weighted by molar-refractivity contribution is 9.23. The maximum absolute atomic E-state index is 3.12. The summed E-state index contributed by atoms with van der Waals surface area (Å²) in [6.45, 7) is 2.08. The van der Waals surface area contributed by atoms with Crippen molar-refractivity contribution < 1.29 is 0 Å². The molecule has 23 valence electrons. The lowest BCUT2D eigenvalue weighted by Gasteiger charge is -1.61. The molecule has 0 heterocycles. The van der Waals surface area contributed by atoms with Gasteiger partial charge in [0.1, 0.15) is 0 Å². The zero-order valence-corrected chi connectivity index (χ0v) is 4.25. The summed E-state index contributed by atoms with van der Waals surface area (Å²) in [5, 5.41) is 0. The van der Waals surface area contributed by atoms with Gasteiger partial charge in [0, 0.05) is 0 Å². The monoisotopic (exact) mass is 119 g/mol. The molecule has 0 nitrogen and oxygen atoms in total. The second-order valence-electron chi connectivity index (χ2n) is 0.563. The van der Waals surface area contributed by atoms with Crippen molar-refractivity contribution >= 4 is 21.9 Å². The van der Waals surface area contributed by atoms with Gasteiger partial charge in [-0.05, 0) is 0 Å². The van der Waals surface area contributed by atoms with E-state index in [0.717, 1.165) is 6.32 Å². The highest BCUT2D eigenvalue weighted by Gasteiger charge is 1.64. The molecule has 0 aromatic heterocycles. The molecule has 0 aliphatic rings. The molecule has 0 aliphatic heterocycles. The van der Waals surface area contributed by atoms with Gasteiger partial charge in [0.05, 0.1) is 0 Å². The largest absolute Gasteiger partial charge is 0.205 e. The molecule has 0 aromatic carbocycles. The van der Waals surface area contributed by atoms with Crippen LogP contribution >= 0.6 is 15.8 Å². The Balaban J connectivity index is 1.97. The fraction of sp³-hybridized carbons (Fsp3) is 1.00. The zero-order valence-electron chi connectivity index (χ0n) is 2.66. The van der Waals surface area contributed by atoms with Crippen LogP contribution in [-0.4, -0.2) is 6.10 Å². The minimum absolute atomic E-state index is 1.11. The van der Waals surface area contributed by atoms with Crippen molar-refractivity contribution in [3.05, 3.63) is 0 Å². The van der Waals surface area contributed by atoms with Crippen LogP contribution in [-0.2, 0) is 0 Å². The number of halogens is 1. The molecular formula is C2H5BBr. The van der Waals surface area contributed by atoms with Gasteiger partial charge in [0.2, 0.25) is 6.10 Å². The normalized spacial score (nSPS) is 6.50. The van der Waals surface area contributed by atoms with Crippen LogP contribution in [0, 0.1) is 0 Å². The molecule has 0 N–H and O–H groups in total. The smallest absolute Gasteiger partial charge is 0.166 e. The van der Waals surface area contributed by atoms with E-state index < -0.39 is 0 Å². The number of rotatable bonds is 1. The third-order valence-corrected chi connectivity index (χ3v) is 0.802. The Labute approximate surface area is 35.8 Å². The van der Waals surface area contributed by atoms with Crippen molar-refractivity contribution in [2.24, 2.45) is 0 Å². The van der Waals surface area contributed by atoms with E-state index >= 15 is 0 Å². The maximum Gasteiger partial charge on any atom is 0.205 e. The molecule has 0 saturated heterocycles. The lowest BCUT2D eigenvalue weighted by atomic mass is 10.1. The average molecular weight is 120 g/mol. The van der Waals surface area contributed by atoms with Gasteiger partial charge in [0.25, 0.3) is 0 Å². The molecule has 0 saturated carbocycles. The van der Waals surface area contributed by atoms with Gasteiger partial charge in [-0.25, -0.2) is 0 Å². The van der Waals surface area contributed by atoms with E-state index in [-0.39, 0.29) is 0 Å². The van der Waals surface area contributed by atoms with Crippen LogP contribution in [0.4, 0.5) is 0 Å². The molecule has 0 spiro atoms. The summed E-state index contributed by atoms with van der Waals surface area (Å²) >= 11 is 3.12. The number of hydrogen-bond donors (Lipinski definition) is 0. The van der Waals surface area contributed by atoms with E-state index in [1.165, 1.54) is 0 Å². The Morgan fingerprint density at radius 1 is 2.00 bits per heavy atom. The highest BCUT2D eigenvalue weighted by atomic mass is 79.9. The highest BCUT2D eigenvalue weighted by Crippen LogP contribution is 1.77. The van der Waals surface area contributed by atoms with Crippen molar-refractivity contribution in [1.82, 2.24) is 0 Å². The Kier molecular flexibility index (Phi) is 4.03. The first-order valence-electron chi connectivity index (χ1n) is 1.33. The van der Waals surface area contributed by atoms with Gasteiger partial charge in [-0.1, -0.05) is 13.2 Å². The molecule has 4 heavy (non-hydrogen) atoms. The van der Waals surface area contributed by atoms with E-state index in [2.05, 4.69) is 22.7 Å². The molecule has 0 aromatic rings. The van der Waals surface area contributed by atoms with Crippen molar-refractivity contribution in [1.29, 1.82) is 0 Å². The van der Waals surface area contributed by atoms with Gasteiger partial charge in [-0.15, -0.1) is 0 Å². The predicted octanol–water partition coefficient (Wildman–Crippen LogP) is 1.44. The molecule has 0 aliphatic carbocycles. The minimum atomic E-state index is 1.11. The maximum atomic E-state index is 3.12. The van der Waals surface area contributed by atoms with Crippen LogP contribution < -0.4 is 0 Å². The fourth-order valence-electron chi connectivity index (χ4n) is 0. The van der Waals surface area contributed by atoms with E-state index in [1.807, 2.05) is 6.10 Å². The summed E-state index contributed by atoms with van der Waals surface area (Å²) in [6, 6.07) is 0. The first kappa shape index (κ1) is 4.54. The molecular weight excluding hydrogens is 115 g/mol. The molecule has 0 bridgehead atoms. The van der Waals surface area contributed by atoms with Gasteiger partial charge in [0.15, 0.2) is 0 Å². The molecule has 1 radical (unpaired) electrons. The average Bonchev–Trinajstić information content (AvgIpc) is 1.37. The first-order chi connectivity index (χ1) is 1.91. The minimum Gasteiger partial charge on any atom is -0.166 e. The lowest BCUT2D eigenvalue weighted by molar-refractivity contribution is 1.48. The third kappa shape index (κ3) is 2.54. The van der Waals surface area contributed by atoms with E-state index in [0.29, 0.717) is 0 Å². The van der Waals surface area contributed by atoms with Crippen molar-refractivity contribution in [3.8, 4) is 0 Å². The predicted molar refractivity (Wildman–Crippen MR) is 25.2 cm³/mol. The molecule has 2 heteroatoms. The fourth-order valence-corrected chi connectivity index (χ4v) is 0. The summed E-state index contributed by atoms with van der Waals surface area (Å²) < 4.78 is 0. The van der Waals surface area contributed by atoms with E-state index in [9.17, 15) is 0 Å². The quantitative estimate of drug-likeness (QED) is 0.459. The van der Waals surface area contributed by atoms with Crippen LogP contribution in [0.2, 0.25) is 6.32 Å². The van der Waals surface area contributed by atoms with Crippen molar-refractivity contribution in [2.45, 2.75) is 13.2 Å². The lowest BCUT2D eigenvalue weighted by Crippen LogP contribution is -1.60. The van der Waals surface area contributed by atoms with Crippen LogP contribution in [0.25, 0.3) is 0 Å². The van der Waals surface area contributed by atoms with E-state index in [4.69, 9.17) is 0 Å². The van der Waals surface area contributed by atoms with Gasteiger partial charge < -0.3 is 0 Å². The second-order valence-corrected chi connectivity index (χ2v) is 1.21. The van der Waals surface area contributed by atoms with Crippen LogP contribution in [0.15, 0.2) is 0 Å². The zero-order chi connectivity index (χ0) is 3.41. The summed E-state index contributed by atoms with van der Waals surface area (Å²) in [7, 11) is 0. The van der Waals surface area contributed by atoms with Crippen LogP contribution in [0.1, 0.15) is 6.92 Å². The standard InChI is InChI=1S/C2H5BBr/c1-2-3-4/h2H2,1H3. The molecule has 0 rings (SSSR count). The van der Waals surface area contributed by atoms with Gasteiger partial charge in [-0.2, -0.15) is 15.8 Å². The third-order valence-electron chi connectivity index (χ3n) is 0.154. The molecule has 0 fully saturated rings.